The molecule has 80 valence electrons. The number of aliphatic hydroxyl groups excluding tert-OH is 1. The van der Waals surface area contributed by atoms with Gasteiger partial charge >= 0.3 is 5.97 Å². The fourth-order valence-corrected chi connectivity index (χ4v) is 1.69. The number of amides is 1. The fraction of sp³-hybridized carbons (Fsp3) is 0.778. The van der Waals surface area contributed by atoms with E-state index >= 15 is 0 Å². The molecule has 2 atom stereocenters. The molecule has 5 nitrogen and oxygen atoms in total. The van der Waals surface area contributed by atoms with Gasteiger partial charge in [0.2, 0.25) is 0 Å². The first kappa shape index (κ1) is 11.0. The van der Waals surface area contributed by atoms with E-state index in [2.05, 4.69) is 0 Å². The van der Waals surface area contributed by atoms with Crippen molar-refractivity contribution in [2.75, 3.05) is 6.54 Å². The summed E-state index contributed by atoms with van der Waals surface area (Å²) in [6, 6.07) is -0.758. The van der Waals surface area contributed by atoms with Crippen molar-refractivity contribution in [2.45, 2.75) is 38.3 Å². The monoisotopic (exact) mass is 201 g/mol. The number of hydrogen-bond acceptors (Lipinski definition) is 3. The van der Waals surface area contributed by atoms with Crippen LogP contribution in [0, 0.1) is 0 Å². The molecule has 2 N–H and O–H groups in total. The smallest absolute Gasteiger partial charge is 0.326 e. The first-order chi connectivity index (χ1) is 6.54. The average Bonchev–Trinajstić information content (AvgIpc) is 2.16. The summed E-state index contributed by atoms with van der Waals surface area (Å²) < 4.78 is 0. The number of piperidine rings is 1. The second kappa shape index (κ2) is 4.41. The van der Waals surface area contributed by atoms with Gasteiger partial charge < -0.3 is 15.1 Å². The summed E-state index contributed by atoms with van der Waals surface area (Å²) in [6.07, 6.45) is 0.992. The van der Waals surface area contributed by atoms with Crippen LogP contribution in [0.4, 0.5) is 0 Å². The van der Waals surface area contributed by atoms with E-state index in [1.54, 1.807) is 0 Å². The van der Waals surface area contributed by atoms with Crippen molar-refractivity contribution in [2.24, 2.45) is 0 Å². The quantitative estimate of drug-likeness (QED) is 0.650. The summed E-state index contributed by atoms with van der Waals surface area (Å²) in [6.45, 7) is 1.79. The Labute approximate surface area is 82.3 Å². The van der Waals surface area contributed by atoms with Crippen LogP contribution in [0.3, 0.4) is 0 Å². The lowest BCUT2D eigenvalue weighted by Gasteiger charge is -2.33. The molecule has 5 heteroatoms. The summed E-state index contributed by atoms with van der Waals surface area (Å²) in [5, 5.41) is 18.0. The molecule has 2 unspecified atom stereocenters. The van der Waals surface area contributed by atoms with Gasteiger partial charge in [-0.3, -0.25) is 4.79 Å². The zero-order chi connectivity index (χ0) is 10.7. The van der Waals surface area contributed by atoms with Crippen molar-refractivity contribution in [3.8, 4) is 0 Å². The van der Waals surface area contributed by atoms with Crippen LogP contribution in [0.1, 0.15) is 26.2 Å². The summed E-state index contributed by atoms with van der Waals surface area (Å²) in [7, 11) is 0. The van der Waals surface area contributed by atoms with E-state index in [1.807, 2.05) is 0 Å². The summed E-state index contributed by atoms with van der Waals surface area (Å²) in [5.74, 6) is -1.48. The molecule has 14 heavy (non-hydrogen) atoms. The molecule has 1 aliphatic rings. The Morgan fingerprint density at radius 3 is 2.57 bits per heavy atom. The number of hydrogen-bond donors (Lipinski definition) is 2. The minimum absolute atomic E-state index is 0.431. The van der Waals surface area contributed by atoms with Crippen molar-refractivity contribution < 1.29 is 19.8 Å². The number of carboxylic acids is 1. The standard InChI is InChI=1S/C9H15NO4/c1-6(11)8(12)10-5-3-2-4-7(10)9(13)14/h6-7,11H,2-5H2,1H3,(H,13,14). The third-order valence-electron chi connectivity index (χ3n) is 2.43. The van der Waals surface area contributed by atoms with Crippen molar-refractivity contribution >= 4 is 11.9 Å². The summed E-state index contributed by atoms with van der Waals surface area (Å²) >= 11 is 0. The third kappa shape index (κ3) is 2.23. The Morgan fingerprint density at radius 2 is 2.07 bits per heavy atom. The lowest BCUT2D eigenvalue weighted by atomic mass is 10.0. The number of nitrogens with zero attached hydrogens (tertiary/aromatic N) is 1. The van der Waals surface area contributed by atoms with Crippen molar-refractivity contribution in [3.05, 3.63) is 0 Å². The second-order valence-electron chi connectivity index (χ2n) is 3.56. The highest BCUT2D eigenvalue weighted by Crippen LogP contribution is 2.18. The molecule has 1 aliphatic heterocycles. The number of carbonyl (C=O) groups excluding carboxylic acids is 1. The zero-order valence-corrected chi connectivity index (χ0v) is 8.14. The Bertz CT molecular complexity index is 239. The van der Waals surface area contributed by atoms with Crippen molar-refractivity contribution in [1.82, 2.24) is 4.90 Å². The molecule has 0 bridgehead atoms. The number of rotatable bonds is 2. The topological polar surface area (TPSA) is 77.8 Å². The van der Waals surface area contributed by atoms with Gasteiger partial charge in [-0.25, -0.2) is 4.79 Å². The maximum atomic E-state index is 11.4. The maximum Gasteiger partial charge on any atom is 0.326 e. The molecular formula is C9H15NO4. The molecule has 1 rings (SSSR count). The molecule has 1 heterocycles. The number of carbonyl (C=O) groups is 2. The van der Waals surface area contributed by atoms with Crippen LogP contribution in [0.5, 0.6) is 0 Å². The SMILES string of the molecule is CC(O)C(=O)N1CCCCC1C(=O)O. The van der Waals surface area contributed by atoms with Gasteiger partial charge in [0.1, 0.15) is 12.1 Å². The van der Waals surface area contributed by atoms with Crippen molar-refractivity contribution in [1.29, 1.82) is 0 Å². The van der Waals surface area contributed by atoms with E-state index in [1.165, 1.54) is 11.8 Å². The zero-order valence-electron chi connectivity index (χ0n) is 8.14. The highest BCUT2D eigenvalue weighted by molar-refractivity contribution is 5.86. The van der Waals surface area contributed by atoms with Crippen LogP contribution < -0.4 is 0 Å². The number of carboxylic acid groups (broad SMARTS) is 1. The Kier molecular flexibility index (Phi) is 3.46. The van der Waals surface area contributed by atoms with Gasteiger partial charge in [-0.2, -0.15) is 0 Å². The van der Waals surface area contributed by atoms with Crippen LogP contribution in [0.15, 0.2) is 0 Å². The minimum Gasteiger partial charge on any atom is -0.480 e. The van der Waals surface area contributed by atoms with E-state index in [4.69, 9.17) is 10.2 Å². The van der Waals surface area contributed by atoms with Crippen LogP contribution >= 0.6 is 0 Å². The number of aliphatic hydroxyl groups is 1. The highest BCUT2D eigenvalue weighted by atomic mass is 16.4. The van der Waals surface area contributed by atoms with Gasteiger partial charge in [0.15, 0.2) is 0 Å². The Hall–Kier alpha value is -1.10. The van der Waals surface area contributed by atoms with Crippen molar-refractivity contribution in [3.63, 3.8) is 0 Å². The molecule has 0 aliphatic carbocycles. The molecule has 0 aromatic heterocycles. The van der Waals surface area contributed by atoms with Crippen LogP contribution in [-0.4, -0.2) is 45.7 Å². The van der Waals surface area contributed by atoms with E-state index in [9.17, 15) is 9.59 Å². The largest absolute Gasteiger partial charge is 0.480 e. The van der Waals surface area contributed by atoms with E-state index < -0.39 is 24.0 Å². The lowest BCUT2D eigenvalue weighted by molar-refractivity contribution is -0.155. The van der Waals surface area contributed by atoms with Crippen LogP contribution in [-0.2, 0) is 9.59 Å². The average molecular weight is 201 g/mol. The minimum atomic E-state index is -1.12. The molecule has 0 radical (unpaired) electrons. The van der Waals surface area contributed by atoms with Gasteiger partial charge in [0.05, 0.1) is 0 Å². The maximum absolute atomic E-state index is 11.4. The molecule has 0 saturated carbocycles. The number of aliphatic carboxylic acids is 1. The number of likely N-dealkylation sites (tertiary alicyclic amines) is 1. The highest BCUT2D eigenvalue weighted by Gasteiger charge is 2.33. The molecule has 1 saturated heterocycles. The molecule has 0 aromatic carbocycles. The van der Waals surface area contributed by atoms with Gasteiger partial charge in [-0.05, 0) is 26.2 Å². The summed E-state index contributed by atoms with van der Waals surface area (Å²) in [5.41, 5.74) is 0. The lowest BCUT2D eigenvalue weighted by Crippen LogP contribution is -2.50. The van der Waals surface area contributed by atoms with Gasteiger partial charge in [0.25, 0.3) is 5.91 Å². The molecule has 1 amide bonds. The van der Waals surface area contributed by atoms with Gasteiger partial charge in [0, 0.05) is 6.54 Å². The predicted molar refractivity (Wildman–Crippen MR) is 48.7 cm³/mol. The summed E-state index contributed by atoms with van der Waals surface area (Å²) in [4.78, 5) is 23.5. The fourth-order valence-electron chi connectivity index (χ4n) is 1.69. The van der Waals surface area contributed by atoms with E-state index in [0.29, 0.717) is 13.0 Å². The first-order valence-corrected chi connectivity index (χ1v) is 4.75. The molecular weight excluding hydrogens is 186 g/mol. The first-order valence-electron chi connectivity index (χ1n) is 4.75. The van der Waals surface area contributed by atoms with Gasteiger partial charge in [-0.1, -0.05) is 0 Å². The van der Waals surface area contributed by atoms with E-state index in [0.717, 1.165) is 12.8 Å². The van der Waals surface area contributed by atoms with Crippen LogP contribution in [0.2, 0.25) is 0 Å². The predicted octanol–water partition coefficient (Wildman–Crippen LogP) is -0.167. The van der Waals surface area contributed by atoms with Crippen LogP contribution in [0.25, 0.3) is 0 Å². The molecule has 0 spiro atoms. The Morgan fingerprint density at radius 1 is 1.43 bits per heavy atom. The van der Waals surface area contributed by atoms with E-state index in [-0.39, 0.29) is 0 Å². The third-order valence-corrected chi connectivity index (χ3v) is 2.43. The molecule has 0 aromatic rings. The molecule has 1 fully saturated rings. The van der Waals surface area contributed by atoms with Gasteiger partial charge in [-0.15, -0.1) is 0 Å². The normalized spacial score (nSPS) is 24.4. The Balaban J connectivity index is 2.72. The second-order valence-corrected chi connectivity index (χ2v) is 3.56.